The highest BCUT2D eigenvalue weighted by Crippen LogP contribution is 2.29. The average Bonchev–Trinajstić information content (AvgIpc) is 2.10. The lowest BCUT2D eigenvalue weighted by molar-refractivity contribution is 0.104. The number of ketones is 1. The van der Waals surface area contributed by atoms with E-state index in [1.807, 2.05) is 0 Å². The molecule has 0 unspecified atom stereocenters. The maximum atomic E-state index is 11.2. The van der Waals surface area contributed by atoms with E-state index in [4.69, 9.17) is 34.8 Å². The van der Waals surface area contributed by atoms with E-state index in [9.17, 15) is 4.79 Å². The minimum Gasteiger partial charge on any atom is -0.289 e. The fraction of sp³-hybridized carbons (Fsp3) is 0. The highest BCUT2D eigenvalue weighted by atomic mass is 35.5. The van der Waals surface area contributed by atoms with Gasteiger partial charge in [0.15, 0.2) is 5.78 Å². The molecule has 0 fully saturated rings. The quantitative estimate of drug-likeness (QED) is 0.430. The molecule has 0 atom stereocenters. The lowest BCUT2D eigenvalue weighted by Crippen LogP contribution is -1.94. The highest BCUT2D eigenvalue weighted by Gasteiger charge is 2.10. The summed E-state index contributed by atoms with van der Waals surface area (Å²) in [6, 6.07) is 2.86. The van der Waals surface area contributed by atoms with Crippen LogP contribution in [0.15, 0.2) is 24.8 Å². The van der Waals surface area contributed by atoms with Crippen molar-refractivity contribution in [1.29, 1.82) is 0 Å². The van der Waals surface area contributed by atoms with Gasteiger partial charge in [-0.25, -0.2) is 0 Å². The van der Waals surface area contributed by atoms with Gasteiger partial charge < -0.3 is 0 Å². The number of benzene rings is 1. The van der Waals surface area contributed by atoms with Crippen molar-refractivity contribution in [2.24, 2.45) is 0 Å². The molecule has 1 aromatic rings. The largest absolute Gasteiger partial charge is 0.289 e. The van der Waals surface area contributed by atoms with E-state index in [1.165, 1.54) is 18.2 Å². The van der Waals surface area contributed by atoms with Crippen LogP contribution in [-0.4, -0.2) is 5.78 Å². The lowest BCUT2D eigenvalue weighted by Gasteiger charge is -2.02. The van der Waals surface area contributed by atoms with Gasteiger partial charge >= 0.3 is 0 Å². The zero-order chi connectivity index (χ0) is 10.0. The Kier molecular flexibility index (Phi) is 3.37. The van der Waals surface area contributed by atoms with Crippen LogP contribution in [0.2, 0.25) is 15.1 Å². The summed E-state index contributed by atoms with van der Waals surface area (Å²) in [5, 5.41) is 0.905. The normalized spacial score (nSPS) is 9.77. The van der Waals surface area contributed by atoms with Gasteiger partial charge in [0.05, 0.1) is 15.1 Å². The van der Waals surface area contributed by atoms with Crippen LogP contribution in [0.25, 0.3) is 0 Å². The number of allylic oxidation sites excluding steroid dienone is 1. The number of halogens is 3. The number of carbonyl (C=O) groups is 1. The summed E-state index contributed by atoms with van der Waals surface area (Å²) in [5.74, 6) is -0.274. The van der Waals surface area contributed by atoms with Crippen LogP contribution in [0, 0.1) is 0 Å². The van der Waals surface area contributed by atoms with Crippen molar-refractivity contribution >= 4 is 40.6 Å². The molecule has 1 rings (SSSR count). The van der Waals surface area contributed by atoms with Crippen molar-refractivity contribution in [3.63, 3.8) is 0 Å². The summed E-state index contributed by atoms with van der Waals surface area (Å²) in [7, 11) is 0. The number of rotatable bonds is 2. The zero-order valence-electron chi connectivity index (χ0n) is 6.48. The summed E-state index contributed by atoms with van der Waals surface area (Å²) >= 11 is 17.2. The number of hydrogen-bond donors (Lipinski definition) is 0. The average molecular weight is 235 g/mol. The molecule has 0 aliphatic rings. The molecule has 0 spiro atoms. The molecule has 0 heterocycles. The molecule has 13 heavy (non-hydrogen) atoms. The van der Waals surface area contributed by atoms with Gasteiger partial charge in [0.25, 0.3) is 0 Å². The Morgan fingerprint density at radius 3 is 2.23 bits per heavy atom. The fourth-order valence-corrected chi connectivity index (χ4v) is 1.46. The molecule has 1 aromatic carbocycles. The molecule has 0 bridgehead atoms. The molecular weight excluding hydrogens is 230 g/mol. The van der Waals surface area contributed by atoms with E-state index >= 15 is 0 Å². The first-order valence-corrected chi connectivity index (χ1v) is 4.51. The minimum atomic E-state index is -0.274. The van der Waals surface area contributed by atoms with E-state index < -0.39 is 0 Å². The Hall–Kier alpha value is -0.500. The third-order valence-corrected chi connectivity index (χ3v) is 2.50. The molecule has 0 radical (unpaired) electrons. The molecule has 0 N–H and O–H groups in total. The zero-order valence-corrected chi connectivity index (χ0v) is 8.75. The molecule has 0 aromatic heterocycles. The van der Waals surface area contributed by atoms with Crippen LogP contribution >= 0.6 is 34.8 Å². The first-order valence-electron chi connectivity index (χ1n) is 3.37. The lowest BCUT2D eigenvalue weighted by atomic mass is 10.1. The van der Waals surface area contributed by atoms with E-state index in [2.05, 4.69) is 6.58 Å². The monoisotopic (exact) mass is 234 g/mol. The molecule has 0 aliphatic carbocycles. The van der Waals surface area contributed by atoms with Gasteiger partial charge in [0.2, 0.25) is 0 Å². The standard InChI is InChI=1S/C9H5Cl3O/c1-2-9(13)5-3-7(11)8(12)4-6(5)10/h2-4H,1H2. The van der Waals surface area contributed by atoms with Gasteiger partial charge in [0.1, 0.15) is 0 Å². The smallest absolute Gasteiger partial charge is 0.186 e. The maximum Gasteiger partial charge on any atom is 0.186 e. The molecule has 68 valence electrons. The second-order valence-corrected chi connectivity index (χ2v) is 3.54. The number of carbonyl (C=O) groups excluding carboxylic acids is 1. The SMILES string of the molecule is C=CC(=O)c1cc(Cl)c(Cl)cc1Cl. The van der Waals surface area contributed by atoms with Gasteiger partial charge in [-0.2, -0.15) is 0 Å². The molecule has 1 nitrogen and oxygen atoms in total. The van der Waals surface area contributed by atoms with Crippen LogP contribution in [0.1, 0.15) is 10.4 Å². The molecule has 0 aliphatic heterocycles. The van der Waals surface area contributed by atoms with Crippen molar-refractivity contribution in [1.82, 2.24) is 0 Å². The molecule has 0 amide bonds. The second-order valence-electron chi connectivity index (χ2n) is 2.31. The van der Waals surface area contributed by atoms with Crippen LogP contribution < -0.4 is 0 Å². The molecule has 0 saturated heterocycles. The third-order valence-electron chi connectivity index (χ3n) is 1.46. The Balaban J connectivity index is 3.31. The Labute approximate surface area is 90.9 Å². The topological polar surface area (TPSA) is 17.1 Å². The van der Waals surface area contributed by atoms with E-state index in [0.717, 1.165) is 0 Å². The van der Waals surface area contributed by atoms with Gasteiger partial charge in [-0.3, -0.25) is 4.79 Å². The van der Waals surface area contributed by atoms with Crippen LogP contribution in [-0.2, 0) is 0 Å². The summed E-state index contributed by atoms with van der Waals surface area (Å²) < 4.78 is 0. The first-order chi connectivity index (χ1) is 6.06. The van der Waals surface area contributed by atoms with Crippen molar-refractivity contribution in [2.75, 3.05) is 0 Å². The molecule has 0 saturated carbocycles. The number of hydrogen-bond acceptors (Lipinski definition) is 1. The van der Waals surface area contributed by atoms with Gasteiger partial charge in [-0.15, -0.1) is 0 Å². The molecular formula is C9H5Cl3O. The fourth-order valence-electron chi connectivity index (χ4n) is 0.821. The van der Waals surface area contributed by atoms with Crippen molar-refractivity contribution in [3.05, 3.63) is 45.4 Å². The minimum absolute atomic E-state index is 0.274. The highest BCUT2D eigenvalue weighted by molar-refractivity contribution is 6.44. The Morgan fingerprint density at radius 1 is 1.15 bits per heavy atom. The van der Waals surface area contributed by atoms with Crippen LogP contribution in [0.3, 0.4) is 0 Å². The van der Waals surface area contributed by atoms with Crippen molar-refractivity contribution < 1.29 is 4.79 Å². The van der Waals surface area contributed by atoms with E-state index in [0.29, 0.717) is 15.6 Å². The molecule has 4 heteroatoms. The summed E-state index contributed by atoms with van der Waals surface area (Å²) in [6.45, 7) is 3.35. The van der Waals surface area contributed by atoms with Gasteiger partial charge in [-0.1, -0.05) is 41.4 Å². The first kappa shape index (κ1) is 10.6. The van der Waals surface area contributed by atoms with Gasteiger partial charge in [-0.05, 0) is 18.2 Å². The summed E-state index contributed by atoms with van der Waals surface area (Å²) in [4.78, 5) is 11.2. The Bertz CT molecular complexity index is 371. The maximum absolute atomic E-state index is 11.2. The third kappa shape index (κ3) is 2.25. The van der Waals surface area contributed by atoms with Crippen LogP contribution in [0.4, 0.5) is 0 Å². The van der Waals surface area contributed by atoms with E-state index in [1.54, 1.807) is 0 Å². The van der Waals surface area contributed by atoms with Gasteiger partial charge in [0, 0.05) is 5.56 Å². The van der Waals surface area contributed by atoms with Crippen LogP contribution in [0.5, 0.6) is 0 Å². The second kappa shape index (κ2) is 4.14. The summed E-state index contributed by atoms with van der Waals surface area (Å²) in [6.07, 6.45) is 1.17. The van der Waals surface area contributed by atoms with Crippen molar-refractivity contribution in [2.45, 2.75) is 0 Å². The van der Waals surface area contributed by atoms with Crippen molar-refractivity contribution in [3.8, 4) is 0 Å². The Morgan fingerprint density at radius 2 is 1.69 bits per heavy atom. The summed E-state index contributed by atoms with van der Waals surface area (Å²) in [5.41, 5.74) is 0.311. The predicted molar refractivity (Wildman–Crippen MR) is 56.0 cm³/mol. The van der Waals surface area contributed by atoms with E-state index in [-0.39, 0.29) is 10.8 Å². The predicted octanol–water partition coefficient (Wildman–Crippen LogP) is 4.02.